The van der Waals surface area contributed by atoms with Crippen molar-refractivity contribution in [2.45, 2.75) is 38.4 Å². The number of para-hydroxylation sites is 1. The fraction of sp³-hybridized carbons (Fsp3) is 0.353. The molecule has 1 aromatic carbocycles. The van der Waals surface area contributed by atoms with E-state index in [9.17, 15) is 4.79 Å². The number of thioether (sulfide) groups is 1. The number of tetrazole rings is 1. The SMILES string of the molecule is Cc1cc(NC(=O)CSc2nnnn2C(C)(C)C)n(-c2ccccc2)n1. The van der Waals surface area contributed by atoms with Crippen molar-refractivity contribution in [3.05, 3.63) is 42.1 Å². The normalized spacial score (nSPS) is 11.5. The summed E-state index contributed by atoms with van der Waals surface area (Å²) in [5.41, 5.74) is 1.47. The highest BCUT2D eigenvalue weighted by Crippen LogP contribution is 2.22. The molecule has 9 heteroatoms. The van der Waals surface area contributed by atoms with Crippen molar-refractivity contribution in [2.24, 2.45) is 0 Å². The van der Waals surface area contributed by atoms with E-state index in [2.05, 4.69) is 25.9 Å². The van der Waals surface area contributed by atoms with E-state index in [1.807, 2.05) is 64.1 Å². The minimum Gasteiger partial charge on any atom is -0.310 e. The van der Waals surface area contributed by atoms with Crippen molar-refractivity contribution >= 4 is 23.5 Å². The average Bonchev–Trinajstić information content (AvgIpc) is 3.20. The molecule has 0 saturated heterocycles. The van der Waals surface area contributed by atoms with E-state index in [1.54, 1.807) is 9.36 Å². The van der Waals surface area contributed by atoms with Gasteiger partial charge in [0.1, 0.15) is 5.82 Å². The molecule has 0 saturated carbocycles. The first-order valence-electron chi connectivity index (χ1n) is 8.18. The van der Waals surface area contributed by atoms with Crippen molar-refractivity contribution in [3.8, 4) is 5.69 Å². The summed E-state index contributed by atoms with van der Waals surface area (Å²) in [6, 6.07) is 11.5. The van der Waals surface area contributed by atoms with Gasteiger partial charge in [-0.1, -0.05) is 30.0 Å². The van der Waals surface area contributed by atoms with Crippen molar-refractivity contribution in [1.82, 2.24) is 30.0 Å². The molecule has 0 spiro atoms. The molecule has 1 N–H and O–H groups in total. The van der Waals surface area contributed by atoms with Gasteiger partial charge in [0.05, 0.1) is 22.7 Å². The Kier molecular flexibility index (Phi) is 5.08. The number of benzene rings is 1. The van der Waals surface area contributed by atoms with E-state index in [0.29, 0.717) is 11.0 Å². The van der Waals surface area contributed by atoms with Gasteiger partial charge in [0.15, 0.2) is 0 Å². The molecule has 2 aromatic heterocycles. The summed E-state index contributed by atoms with van der Waals surface area (Å²) in [4.78, 5) is 12.4. The Bertz CT molecular complexity index is 895. The van der Waals surface area contributed by atoms with Gasteiger partial charge in [0.2, 0.25) is 11.1 Å². The van der Waals surface area contributed by atoms with Crippen LogP contribution in [0.4, 0.5) is 5.82 Å². The third-order valence-corrected chi connectivity index (χ3v) is 4.43. The topological polar surface area (TPSA) is 90.5 Å². The smallest absolute Gasteiger partial charge is 0.236 e. The molecule has 0 aliphatic carbocycles. The predicted molar refractivity (Wildman–Crippen MR) is 100 cm³/mol. The minimum absolute atomic E-state index is 0.143. The van der Waals surface area contributed by atoms with Gasteiger partial charge < -0.3 is 5.32 Å². The Balaban J connectivity index is 1.69. The molecular formula is C17H21N7OS. The second-order valence-electron chi connectivity index (χ2n) is 6.80. The highest BCUT2D eigenvalue weighted by Gasteiger charge is 2.21. The zero-order valence-corrected chi connectivity index (χ0v) is 16.0. The molecule has 136 valence electrons. The third-order valence-electron chi connectivity index (χ3n) is 3.51. The highest BCUT2D eigenvalue weighted by molar-refractivity contribution is 7.99. The van der Waals surface area contributed by atoms with Crippen LogP contribution >= 0.6 is 11.8 Å². The molecule has 0 unspecified atom stereocenters. The first-order valence-corrected chi connectivity index (χ1v) is 9.17. The second-order valence-corrected chi connectivity index (χ2v) is 7.74. The van der Waals surface area contributed by atoms with E-state index in [0.717, 1.165) is 11.4 Å². The molecule has 0 aliphatic rings. The van der Waals surface area contributed by atoms with Crippen LogP contribution in [0.2, 0.25) is 0 Å². The summed E-state index contributed by atoms with van der Waals surface area (Å²) in [6.45, 7) is 7.92. The summed E-state index contributed by atoms with van der Waals surface area (Å²) in [6.07, 6.45) is 0. The van der Waals surface area contributed by atoms with Crippen molar-refractivity contribution in [1.29, 1.82) is 0 Å². The predicted octanol–water partition coefficient (Wildman–Crippen LogP) is 2.65. The van der Waals surface area contributed by atoms with Crippen molar-refractivity contribution in [3.63, 3.8) is 0 Å². The number of carbonyl (C=O) groups excluding carboxylic acids is 1. The zero-order valence-electron chi connectivity index (χ0n) is 15.2. The maximum absolute atomic E-state index is 12.4. The van der Waals surface area contributed by atoms with Crippen LogP contribution in [0.3, 0.4) is 0 Å². The number of aromatic nitrogens is 6. The molecule has 2 heterocycles. The number of nitrogens with zero attached hydrogens (tertiary/aromatic N) is 6. The number of anilines is 1. The standard InChI is InChI=1S/C17H21N7OS/c1-12-10-14(23(20-12)13-8-6-5-7-9-13)18-15(25)11-26-16-19-21-22-24(16)17(2,3)4/h5-10H,11H2,1-4H3,(H,18,25). The van der Waals surface area contributed by atoms with Crippen LogP contribution in [-0.4, -0.2) is 41.6 Å². The van der Waals surface area contributed by atoms with E-state index >= 15 is 0 Å². The summed E-state index contributed by atoms with van der Waals surface area (Å²) < 4.78 is 3.43. The van der Waals surface area contributed by atoms with Crippen LogP contribution in [0.25, 0.3) is 5.69 Å². The van der Waals surface area contributed by atoms with Crippen LogP contribution in [0.1, 0.15) is 26.5 Å². The molecule has 0 bridgehead atoms. The molecule has 0 radical (unpaired) electrons. The van der Waals surface area contributed by atoms with E-state index in [1.165, 1.54) is 11.8 Å². The highest BCUT2D eigenvalue weighted by atomic mass is 32.2. The van der Waals surface area contributed by atoms with Gasteiger partial charge in [-0.25, -0.2) is 9.36 Å². The molecule has 0 atom stereocenters. The first-order chi connectivity index (χ1) is 12.3. The van der Waals surface area contributed by atoms with Gasteiger partial charge in [-0.3, -0.25) is 4.79 Å². The van der Waals surface area contributed by atoms with Crippen LogP contribution < -0.4 is 5.32 Å². The van der Waals surface area contributed by atoms with Gasteiger partial charge in [-0.05, 0) is 50.3 Å². The molecule has 1 amide bonds. The Morgan fingerprint density at radius 1 is 1.23 bits per heavy atom. The fourth-order valence-corrected chi connectivity index (χ4v) is 3.21. The summed E-state index contributed by atoms with van der Waals surface area (Å²) in [7, 11) is 0. The maximum atomic E-state index is 12.4. The van der Waals surface area contributed by atoms with Crippen LogP contribution in [0.5, 0.6) is 0 Å². The average molecular weight is 371 g/mol. The lowest BCUT2D eigenvalue weighted by Crippen LogP contribution is -2.25. The first kappa shape index (κ1) is 18.1. The number of amides is 1. The Morgan fingerprint density at radius 3 is 2.65 bits per heavy atom. The van der Waals surface area contributed by atoms with E-state index in [4.69, 9.17) is 0 Å². The van der Waals surface area contributed by atoms with Gasteiger partial charge >= 0.3 is 0 Å². The third kappa shape index (κ3) is 4.10. The number of carbonyl (C=O) groups is 1. The van der Waals surface area contributed by atoms with Crippen LogP contribution in [0.15, 0.2) is 41.6 Å². The number of hydrogen-bond donors (Lipinski definition) is 1. The Morgan fingerprint density at radius 2 is 1.96 bits per heavy atom. The summed E-state index contributed by atoms with van der Waals surface area (Å²) in [5, 5.41) is 19.7. The molecule has 3 rings (SSSR count). The molecule has 26 heavy (non-hydrogen) atoms. The lowest BCUT2D eigenvalue weighted by molar-refractivity contribution is -0.113. The van der Waals surface area contributed by atoms with E-state index in [-0.39, 0.29) is 17.2 Å². The molecule has 0 aliphatic heterocycles. The monoisotopic (exact) mass is 371 g/mol. The van der Waals surface area contributed by atoms with Crippen molar-refractivity contribution < 1.29 is 4.79 Å². The van der Waals surface area contributed by atoms with Gasteiger partial charge in [-0.2, -0.15) is 5.10 Å². The largest absolute Gasteiger partial charge is 0.310 e. The number of hydrogen-bond acceptors (Lipinski definition) is 6. The van der Waals surface area contributed by atoms with Gasteiger partial charge in [0.25, 0.3) is 0 Å². The molecular weight excluding hydrogens is 350 g/mol. The zero-order chi connectivity index (χ0) is 18.7. The minimum atomic E-state index is -0.245. The lowest BCUT2D eigenvalue weighted by Gasteiger charge is -2.19. The van der Waals surface area contributed by atoms with Crippen molar-refractivity contribution in [2.75, 3.05) is 11.1 Å². The number of rotatable bonds is 5. The fourth-order valence-electron chi connectivity index (χ4n) is 2.35. The molecule has 0 fully saturated rings. The number of nitrogens with one attached hydrogen (secondary N) is 1. The summed E-state index contributed by atoms with van der Waals surface area (Å²) >= 11 is 1.30. The van der Waals surface area contributed by atoms with Gasteiger partial charge in [-0.15, -0.1) is 5.10 Å². The van der Waals surface area contributed by atoms with Crippen LogP contribution in [0, 0.1) is 6.92 Å². The molecule has 3 aromatic rings. The maximum Gasteiger partial charge on any atom is 0.236 e. The van der Waals surface area contributed by atoms with Crippen LogP contribution in [-0.2, 0) is 10.3 Å². The summed E-state index contributed by atoms with van der Waals surface area (Å²) in [5.74, 6) is 0.695. The van der Waals surface area contributed by atoms with Gasteiger partial charge in [0, 0.05) is 6.07 Å². The second kappa shape index (κ2) is 7.28. The van der Waals surface area contributed by atoms with E-state index < -0.39 is 0 Å². The lowest BCUT2D eigenvalue weighted by atomic mass is 10.1. The quantitative estimate of drug-likeness (QED) is 0.694. The number of aryl methyl sites for hydroxylation is 1. The Labute approximate surface area is 156 Å². The Hall–Kier alpha value is -2.68. The molecule has 8 nitrogen and oxygen atoms in total.